The van der Waals surface area contributed by atoms with Gasteiger partial charge in [0.15, 0.2) is 0 Å². The van der Waals surface area contributed by atoms with E-state index in [1.54, 1.807) is 0 Å². The fraction of sp³-hybridized carbons (Fsp3) is 0.647. The summed E-state index contributed by atoms with van der Waals surface area (Å²) < 4.78 is 0. The zero-order valence-electron chi connectivity index (χ0n) is 11.3. The van der Waals surface area contributed by atoms with Crippen molar-refractivity contribution in [2.75, 3.05) is 6.54 Å². The SMILES string of the molecule is NCC12CCCCC1CCC2Cc1ccccc1. The Labute approximate surface area is 111 Å². The van der Waals surface area contributed by atoms with Gasteiger partial charge in [0.25, 0.3) is 0 Å². The Morgan fingerprint density at radius 2 is 1.89 bits per heavy atom. The predicted molar refractivity (Wildman–Crippen MR) is 76.3 cm³/mol. The molecule has 0 radical (unpaired) electrons. The smallest absolute Gasteiger partial charge is 0.00151 e. The second-order valence-corrected chi connectivity index (χ2v) is 6.34. The molecule has 1 aromatic carbocycles. The van der Waals surface area contributed by atoms with Crippen molar-refractivity contribution < 1.29 is 0 Å². The Kier molecular flexibility index (Phi) is 3.43. The lowest BCUT2D eigenvalue weighted by atomic mass is 9.63. The summed E-state index contributed by atoms with van der Waals surface area (Å²) >= 11 is 0. The third-order valence-electron chi connectivity index (χ3n) is 5.64. The van der Waals surface area contributed by atoms with E-state index in [0.717, 1.165) is 18.4 Å². The number of rotatable bonds is 3. The van der Waals surface area contributed by atoms with Gasteiger partial charge in [0.2, 0.25) is 0 Å². The zero-order chi connectivity index (χ0) is 12.4. The topological polar surface area (TPSA) is 26.0 Å². The Bertz CT molecular complexity index is 386. The molecule has 1 heteroatoms. The van der Waals surface area contributed by atoms with Crippen molar-refractivity contribution in [2.24, 2.45) is 23.0 Å². The van der Waals surface area contributed by atoms with Crippen molar-refractivity contribution in [2.45, 2.75) is 44.9 Å². The summed E-state index contributed by atoms with van der Waals surface area (Å²) in [6.07, 6.45) is 9.72. The van der Waals surface area contributed by atoms with E-state index in [1.165, 1.54) is 50.5 Å². The van der Waals surface area contributed by atoms with Crippen LogP contribution in [0.3, 0.4) is 0 Å². The van der Waals surface area contributed by atoms with Gasteiger partial charge in [-0.1, -0.05) is 43.2 Å². The van der Waals surface area contributed by atoms with Crippen LogP contribution in [0.15, 0.2) is 30.3 Å². The lowest BCUT2D eigenvalue weighted by Crippen LogP contribution is -2.42. The first-order valence-corrected chi connectivity index (χ1v) is 7.59. The number of hydrogen-bond acceptors (Lipinski definition) is 1. The number of nitrogens with two attached hydrogens (primary N) is 1. The molecule has 98 valence electrons. The van der Waals surface area contributed by atoms with E-state index >= 15 is 0 Å². The van der Waals surface area contributed by atoms with E-state index in [4.69, 9.17) is 5.73 Å². The molecule has 2 N–H and O–H groups in total. The minimum absolute atomic E-state index is 0.480. The van der Waals surface area contributed by atoms with Crippen LogP contribution in [0, 0.1) is 17.3 Å². The van der Waals surface area contributed by atoms with Gasteiger partial charge in [-0.3, -0.25) is 0 Å². The fourth-order valence-corrected chi connectivity index (χ4v) is 4.63. The van der Waals surface area contributed by atoms with Crippen LogP contribution >= 0.6 is 0 Å². The van der Waals surface area contributed by atoms with Crippen LogP contribution in [0.2, 0.25) is 0 Å². The monoisotopic (exact) mass is 243 g/mol. The van der Waals surface area contributed by atoms with Crippen LogP contribution in [-0.2, 0) is 6.42 Å². The molecule has 2 aliphatic rings. The standard InChI is InChI=1S/C17H25N/c18-13-17-11-5-4-8-15(17)9-10-16(17)12-14-6-2-1-3-7-14/h1-3,6-7,15-16H,4-5,8-13,18H2. The van der Waals surface area contributed by atoms with Crippen LogP contribution in [0.1, 0.15) is 44.1 Å². The molecule has 0 bridgehead atoms. The van der Waals surface area contributed by atoms with Gasteiger partial charge >= 0.3 is 0 Å². The number of fused-ring (bicyclic) bond motifs is 1. The van der Waals surface area contributed by atoms with Crippen molar-refractivity contribution in [1.29, 1.82) is 0 Å². The van der Waals surface area contributed by atoms with Crippen LogP contribution < -0.4 is 5.73 Å². The first-order valence-electron chi connectivity index (χ1n) is 7.59. The molecule has 3 unspecified atom stereocenters. The molecule has 18 heavy (non-hydrogen) atoms. The summed E-state index contributed by atoms with van der Waals surface area (Å²) in [4.78, 5) is 0. The van der Waals surface area contributed by atoms with Crippen molar-refractivity contribution >= 4 is 0 Å². The molecule has 0 saturated heterocycles. The Morgan fingerprint density at radius 3 is 2.67 bits per heavy atom. The Hall–Kier alpha value is -0.820. The molecule has 2 aliphatic carbocycles. The van der Waals surface area contributed by atoms with E-state index in [-0.39, 0.29) is 0 Å². The second-order valence-electron chi connectivity index (χ2n) is 6.34. The molecule has 0 aromatic heterocycles. The van der Waals surface area contributed by atoms with Gasteiger partial charge in [-0.15, -0.1) is 0 Å². The summed E-state index contributed by atoms with van der Waals surface area (Å²) in [7, 11) is 0. The molecule has 3 rings (SSSR count). The molecule has 2 saturated carbocycles. The highest BCUT2D eigenvalue weighted by Crippen LogP contribution is 2.55. The average Bonchev–Trinajstić information content (AvgIpc) is 2.80. The lowest BCUT2D eigenvalue weighted by molar-refractivity contribution is 0.0865. The van der Waals surface area contributed by atoms with Crippen LogP contribution in [-0.4, -0.2) is 6.54 Å². The molecular formula is C17H25N. The molecule has 0 amide bonds. The highest BCUT2D eigenvalue weighted by Gasteiger charge is 2.49. The predicted octanol–water partition coefficient (Wildman–Crippen LogP) is 3.77. The van der Waals surface area contributed by atoms with E-state index in [9.17, 15) is 0 Å². The molecule has 0 spiro atoms. The summed E-state index contributed by atoms with van der Waals surface area (Å²) in [6, 6.07) is 11.0. The van der Waals surface area contributed by atoms with Crippen molar-refractivity contribution in [1.82, 2.24) is 0 Å². The maximum atomic E-state index is 6.22. The van der Waals surface area contributed by atoms with E-state index in [0.29, 0.717) is 5.41 Å². The van der Waals surface area contributed by atoms with Crippen molar-refractivity contribution in [3.8, 4) is 0 Å². The normalized spacial score (nSPS) is 35.4. The highest BCUT2D eigenvalue weighted by atomic mass is 14.7. The third kappa shape index (κ3) is 1.99. The first-order chi connectivity index (χ1) is 8.85. The third-order valence-corrected chi connectivity index (χ3v) is 5.64. The van der Waals surface area contributed by atoms with Crippen molar-refractivity contribution in [3.63, 3.8) is 0 Å². The summed E-state index contributed by atoms with van der Waals surface area (Å²) in [6.45, 7) is 0.912. The van der Waals surface area contributed by atoms with Gasteiger partial charge < -0.3 is 5.73 Å². The minimum atomic E-state index is 0.480. The Morgan fingerprint density at radius 1 is 1.06 bits per heavy atom. The maximum absolute atomic E-state index is 6.22. The molecule has 3 atom stereocenters. The highest BCUT2D eigenvalue weighted by molar-refractivity contribution is 5.17. The first kappa shape index (κ1) is 12.2. The molecule has 2 fully saturated rings. The number of hydrogen-bond donors (Lipinski definition) is 1. The summed E-state index contributed by atoms with van der Waals surface area (Å²) in [5, 5.41) is 0. The van der Waals surface area contributed by atoms with Crippen LogP contribution in [0.25, 0.3) is 0 Å². The molecule has 0 aliphatic heterocycles. The second kappa shape index (κ2) is 5.05. The van der Waals surface area contributed by atoms with Crippen LogP contribution in [0.5, 0.6) is 0 Å². The fourth-order valence-electron chi connectivity index (χ4n) is 4.63. The van der Waals surface area contributed by atoms with E-state index in [2.05, 4.69) is 30.3 Å². The molecule has 1 nitrogen and oxygen atoms in total. The minimum Gasteiger partial charge on any atom is -0.330 e. The summed E-state index contributed by atoms with van der Waals surface area (Å²) in [5.41, 5.74) is 8.20. The largest absolute Gasteiger partial charge is 0.330 e. The van der Waals surface area contributed by atoms with E-state index in [1.807, 2.05) is 0 Å². The van der Waals surface area contributed by atoms with E-state index < -0.39 is 0 Å². The van der Waals surface area contributed by atoms with Gasteiger partial charge in [-0.05, 0) is 61.5 Å². The zero-order valence-corrected chi connectivity index (χ0v) is 11.3. The molecule has 0 heterocycles. The number of benzene rings is 1. The molecular weight excluding hydrogens is 218 g/mol. The summed E-state index contributed by atoms with van der Waals surface area (Å²) in [5.74, 6) is 1.75. The maximum Gasteiger partial charge on any atom is -0.00151 e. The van der Waals surface area contributed by atoms with Crippen molar-refractivity contribution in [3.05, 3.63) is 35.9 Å². The molecule has 1 aromatic rings. The van der Waals surface area contributed by atoms with Crippen LogP contribution in [0.4, 0.5) is 0 Å². The van der Waals surface area contributed by atoms with Gasteiger partial charge in [0.1, 0.15) is 0 Å². The van der Waals surface area contributed by atoms with Gasteiger partial charge in [0, 0.05) is 0 Å². The van der Waals surface area contributed by atoms with Gasteiger partial charge in [-0.2, -0.15) is 0 Å². The lowest BCUT2D eigenvalue weighted by Gasteiger charge is -2.43. The van der Waals surface area contributed by atoms with Gasteiger partial charge in [-0.25, -0.2) is 0 Å². The van der Waals surface area contributed by atoms with Gasteiger partial charge in [0.05, 0.1) is 0 Å². The Balaban J connectivity index is 1.79. The quantitative estimate of drug-likeness (QED) is 0.859. The average molecular weight is 243 g/mol.